The van der Waals surface area contributed by atoms with E-state index in [-0.39, 0.29) is 6.07 Å². The number of benzene rings is 1. The molecular formula is C10H7F6O. The minimum atomic E-state index is -4.91. The highest BCUT2D eigenvalue weighted by Gasteiger charge is 2.37. The van der Waals surface area contributed by atoms with Crippen molar-refractivity contribution in [2.45, 2.75) is 18.5 Å². The van der Waals surface area contributed by atoms with Crippen LogP contribution in [0.2, 0.25) is 0 Å². The van der Waals surface area contributed by atoms with E-state index in [1.807, 2.05) is 0 Å². The fraction of sp³-hybridized carbons (Fsp3) is 0.300. The lowest BCUT2D eigenvalue weighted by Gasteiger charge is -2.15. The lowest BCUT2D eigenvalue weighted by molar-refractivity contribution is -0.143. The van der Waals surface area contributed by atoms with Crippen LogP contribution in [-0.4, -0.2) is 5.11 Å². The Labute approximate surface area is 92.7 Å². The van der Waals surface area contributed by atoms with Crippen LogP contribution in [0, 0.1) is 6.92 Å². The summed E-state index contributed by atoms with van der Waals surface area (Å²) < 4.78 is 74.0. The van der Waals surface area contributed by atoms with Crippen LogP contribution in [0.1, 0.15) is 22.8 Å². The first-order valence-electron chi connectivity index (χ1n) is 4.32. The van der Waals surface area contributed by atoms with E-state index in [9.17, 15) is 26.3 Å². The summed E-state index contributed by atoms with van der Waals surface area (Å²) in [7, 11) is 0. The average Bonchev–Trinajstić information content (AvgIpc) is 2.14. The average molecular weight is 257 g/mol. The summed E-state index contributed by atoms with van der Waals surface area (Å²) in [4.78, 5) is 0. The first-order chi connectivity index (χ1) is 7.51. The molecule has 1 N–H and O–H groups in total. The minimum absolute atomic E-state index is 0.00806. The summed E-state index contributed by atoms with van der Waals surface area (Å²) in [5.41, 5.74) is -3.47. The van der Waals surface area contributed by atoms with Gasteiger partial charge in [-0.2, -0.15) is 26.3 Å². The molecule has 1 nitrogen and oxygen atoms in total. The molecule has 0 bridgehead atoms. The molecule has 1 rings (SSSR count). The zero-order chi connectivity index (χ0) is 13.4. The third kappa shape index (κ3) is 3.36. The molecule has 0 aromatic heterocycles. The van der Waals surface area contributed by atoms with Crippen molar-refractivity contribution in [2.75, 3.05) is 0 Å². The lowest BCUT2D eigenvalue weighted by atomic mass is 10.0. The molecule has 0 saturated carbocycles. The van der Waals surface area contributed by atoms with E-state index in [0.29, 0.717) is 12.1 Å². The van der Waals surface area contributed by atoms with Gasteiger partial charge in [0, 0.05) is 0 Å². The van der Waals surface area contributed by atoms with Crippen molar-refractivity contribution in [2.24, 2.45) is 0 Å². The van der Waals surface area contributed by atoms with Gasteiger partial charge in [0.15, 0.2) is 0 Å². The van der Waals surface area contributed by atoms with Crippen molar-refractivity contribution in [1.29, 1.82) is 0 Å². The van der Waals surface area contributed by atoms with E-state index in [1.165, 1.54) is 0 Å². The van der Waals surface area contributed by atoms with Crippen LogP contribution in [-0.2, 0) is 12.4 Å². The van der Waals surface area contributed by atoms with E-state index in [0.717, 1.165) is 0 Å². The van der Waals surface area contributed by atoms with Gasteiger partial charge in [0.2, 0.25) is 0 Å². The molecule has 0 unspecified atom stereocenters. The number of aliphatic hydroxyl groups is 1. The summed E-state index contributed by atoms with van der Waals surface area (Å²) in [6, 6.07) is 0.867. The number of rotatable bonds is 1. The van der Waals surface area contributed by atoms with Gasteiger partial charge in [0.05, 0.1) is 17.2 Å². The van der Waals surface area contributed by atoms with Gasteiger partial charge in [-0.1, -0.05) is 0 Å². The molecular weight excluding hydrogens is 250 g/mol. The van der Waals surface area contributed by atoms with Crippen molar-refractivity contribution < 1.29 is 31.4 Å². The predicted octanol–water partition coefficient (Wildman–Crippen LogP) is 3.59. The minimum Gasteiger partial charge on any atom is -0.388 e. The fourth-order valence-corrected chi connectivity index (χ4v) is 1.17. The van der Waals surface area contributed by atoms with Crippen LogP contribution in [0.5, 0.6) is 0 Å². The summed E-state index contributed by atoms with van der Waals surface area (Å²) in [5.74, 6) is 0. The van der Waals surface area contributed by atoms with Gasteiger partial charge in [-0.05, 0) is 30.7 Å². The SMILES string of the molecule is [CH2][C@@H](O)c1cc(C(F)(F)F)cc(C(F)(F)F)c1. The number of hydrogen-bond acceptors (Lipinski definition) is 1. The van der Waals surface area contributed by atoms with Gasteiger partial charge in [0.25, 0.3) is 0 Å². The quantitative estimate of drug-likeness (QED) is 0.762. The maximum atomic E-state index is 12.3. The fourth-order valence-electron chi connectivity index (χ4n) is 1.17. The lowest BCUT2D eigenvalue weighted by Crippen LogP contribution is -2.12. The summed E-state index contributed by atoms with van der Waals surface area (Å²) in [6.07, 6.45) is -11.5. The summed E-state index contributed by atoms with van der Waals surface area (Å²) in [5, 5.41) is 8.96. The number of halogens is 6. The Morgan fingerprint density at radius 1 is 0.882 bits per heavy atom. The van der Waals surface area contributed by atoms with Gasteiger partial charge in [-0.15, -0.1) is 0 Å². The maximum Gasteiger partial charge on any atom is 0.416 e. The van der Waals surface area contributed by atoms with Gasteiger partial charge >= 0.3 is 12.4 Å². The number of alkyl halides is 6. The highest BCUT2D eigenvalue weighted by Crippen LogP contribution is 2.37. The molecule has 1 aromatic carbocycles. The van der Waals surface area contributed by atoms with Crippen LogP contribution in [0.15, 0.2) is 18.2 Å². The third-order valence-corrected chi connectivity index (χ3v) is 1.99. The van der Waals surface area contributed by atoms with Gasteiger partial charge in [0.1, 0.15) is 0 Å². The molecule has 95 valence electrons. The Balaban J connectivity index is 3.40. The van der Waals surface area contributed by atoms with E-state index in [2.05, 4.69) is 6.92 Å². The summed E-state index contributed by atoms with van der Waals surface area (Å²) >= 11 is 0. The van der Waals surface area contributed by atoms with Crippen LogP contribution in [0.3, 0.4) is 0 Å². The van der Waals surface area contributed by atoms with Crippen molar-refractivity contribution in [3.63, 3.8) is 0 Å². The second-order valence-electron chi connectivity index (χ2n) is 3.36. The molecule has 0 aliphatic carbocycles. The van der Waals surface area contributed by atoms with Crippen LogP contribution in [0.25, 0.3) is 0 Å². The van der Waals surface area contributed by atoms with E-state index >= 15 is 0 Å². The molecule has 0 spiro atoms. The van der Waals surface area contributed by atoms with Gasteiger partial charge in [-0.3, -0.25) is 0 Å². The van der Waals surface area contributed by atoms with Gasteiger partial charge in [-0.25, -0.2) is 0 Å². The molecule has 0 aliphatic rings. The molecule has 1 atom stereocenters. The summed E-state index contributed by atoms with van der Waals surface area (Å²) in [6.45, 7) is 2.98. The Hall–Kier alpha value is -1.24. The molecule has 0 fully saturated rings. The standard InChI is InChI=1S/C10H7F6O/c1-5(17)6-2-7(9(11,12)13)4-8(3-6)10(14,15)16/h2-5,17H,1H2/t5-/m1/s1. The first-order valence-corrected chi connectivity index (χ1v) is 4.32. The molecule has 1 aromatic rings. The topological polar surface area (TPSA) is 20.2 Å². The van der Waals surface area contributed by atoms with Gasteiger partial charge < -0.3 is 5.11 Å². The Morgan fingerprint density at radius 3 is 1.47 bits per heavy atom. The van der Waals surface area contributed by atoms with Crippen LogP contribution < -0.4 is 0 Å². The largest absolute Gasteiger partial charge is 0.416 e. The van der Waals surface area contributed by atoms with E-state index in [4.69, 9.17) is 5.11 Å². The highest BCUT2D eigenvalue weighted by atomic mass is 19.4. The van der Waals surface area contributed by atoms with Crippen molar-refractivity contribution in [1.82, 2.24) is 0 Å². The smallest absolute Gasteiger partial charge is 0.388 e. The normalized spacial score (nSPS) is 14.8. The van der Waals surface area contributed by atoms with Crippen LogP contribution in [0.4, 0.5) is 26.3 Å². The van der Waals surface area contributed by atoms with Crippen molar-refractivity contribution in [3.05, 3.63) is 41.8 Å². The zero-order valence-electron chi connectivity index (χ0n) is 8.23. The highest BCUT2D eigenvalue weighted by molar-refractivity contribution is 5.35. The number of aliphatic hydroxyl groups excluding tert-OH is 1. The number of hydrogen-bond donors (Lipinski definition) is 1. The molecule has 7 heteroatoms. The molecule has 0 heterocycles. The van der Waals surface area contributed by atoms with E-state index < -0.39 is 35.1 Å². The predicted molar refractivity (Wildman–Crippen MR) is 46.8 cm³/mol. The van der Waals surface area contributed by atoms with Crippen LogP contribution >= 0.6 is 0 Å². The molecule has 0 saturated heterocycles. The second kappa shape index (κ2) is 4.21. The first kappa shape index (κ1) is 13.8. The van der Waals surface area contributed by atoms with Crippen molar-refractivity contribution >= 4 is 0 Å². The molecule has 0 aliphatic heterocycles. The molecule has 17 heavy (non-hydrogen) atoms. The Kier molecular flexibility index (Phi) is 3.42. The zero-order valence-corrected chi connectivity index (χ0v) is 8.23. The third-order valence-electron chi connectivity index (χ3n) is 1.99. The monoisotopic (exact) mass is 257 g/mol. The molecule has 0 amide bonds. The Bertz CT molecular complexity index is 372. The van der Waals surface area contributed by atoms with Crippen molar-refractivity contribution in [3.8, 4) is 0 Å². The maximum absolute atomic E-state index is 12.3. The van der Waals surface area contributed by atoms with E-state index in [1.54, 1.807) is 0 Å². The Morgan fingerprint density at radius 2 is 1.24 bits per heavy atom. The molecule has 1 radical (unpaired) electrons. The second-order valence-corrected chi connectivity index (χ2v) is 3.36.